The smallest absolute Gasteiger partial charge is 0.0635 e. The third kappa shape index (κ3) is 3.43. The number of hydrogen-bond donors (Lipinski definition) is 0. The van der Waals surface area contributed by atoms with Crippen molar-refractivity contribution in [2.75, 3.05) is 13.6 Å². The molecule has 0 radical (unpaired) electrons. The van der Waals surface area contributed by atoms with E-state index in [2.05, 4.69) is 66.5 Å². The lowest BCUT2D eigenvalue weighted by atomic mass is 9.97. The van der Waals surface area contributed by atoms with Crippen LogP contribution in [0.15, 0.2) is 60.7 Å². The Labute approximate surface area is 114 Å². The zero-order valence-electron chi connectivity index (χ0n) is 11.2. The van der Waals surface area contributed by atoms with E-state index >= 15 is 0 Å². The minimum atomic E-state index is 0.204. The lowest BCUT2D eigenvalue weighted by Crippen LogP contribution is -2.26. The fourth-order valence-electron chi connectivity index (χ4n) is 2.33. The summed E-state index contributed by atoms with van der Waals surface area (Å²) in [7, 11) is 2.07. The van der Waals surface area contributed by atoms with Crippen LogP contribution in [0.25, 0.3) is 0 Å². The first-order chi connectivity index (χ1) is 9.33. The molecule has 0 aliphatic heterocycles. The van der Waals surface area contributed by atoms with Crippen molar-refractivity contribution in [2.24, 2.45) is 0 Å². The number of nitrogens with zero attached hydrogens (tertiary/aromatic N) is 2. The Morgan fingerprint density at radius 2 is 1.42 bits per heavy atom. The van der Waals surface area contributed by atoms with E-state index in [9.17, 15) is 0 Å². The van der Waals surface area contributed by atoms with Crippen molar-refractivity contribution >= 4 is 0 Å². The zero-order valence-corrected chi connectivity index (χ0v) is 11.2. The quantitative estimate of drug-likeness (QED) is 0.810. The van der Waals surface area contributed by atoms with E-state index in [0.717, 1.165) is 6.54 Å². The molecular weight excluding hydrogens is 232 g/mol. The van der Waals surface area contributed by atoms with Crippen molar-refractivity contribution in [1.82, 2.24) is 4.90 Å². The molecule has 0 atom stereocenters. The summed E-state index contributed by atoms with van der Waals surface area (Å²) in [6, 6.07) is 23.3. The predicted molar refractivity (Wildman–Crippen MR) is 77.6 cm³/mol. The van der Waals surface area contributed by atoms with Crippen LogP contribution in [0.1, 0.15) is 23.6 Å². The fourth-order valence-corrected chi connectivity index (χ4v) is 2.33. The molecule has 0 saturated carbocycles. The first-order valence-corrected chi connectivity index (χ1v) is 6.50. The molecule has 0 spiro atoms. The van der Waals surface area contributed by atoms with E-state index in [1.54, 1.807) is 0 Å². The van der Waals surface area contributed by atoms with Gasteiger partial charge >= 0.3 is 0 Å². The van der Waals surface area contributed by atoms with E-state index < -0.39 is 0 Å². The van der Waals surface area contributed by atoms with Crippen LogP contribution in [0, 0.1) is 11.3 Å². The van der Waals surface area contributed by atoms with Crippen LogP contribution in [-0.2, 0) is 0 Å². The molecule has 2 heteroatoms. The number of hydrogen-bond acceptors (Lipinski definition) is 2. The molecule has 0 aliphatic rings. The minimum Gasteiger partial charge on any atom is -0.294 e. The summed E-state index contributed by atoms with van der Waals surface area (Å²) >= 11 is 0. The third-order valence-electron chi connectivity index (χ3n) is 3.25. The summed E-state index contributed by atoms with van der Waals surface area (Å²) in [4.78, 5) is 2.23. The molecule has 0 fully saturated rings. The van der Waals surface area contributed by atoms with Crippen molar-refractivity contribution < 1.29 is 0 Å². The van der Waals surface area contributed by atoms with Gasteiger partial charge in [0.2, 0.25) is 0 Å². The molecular formula is C17H18N2. The highest BCUT2D eigenvalue weighted by Crippen LogP contribution is 2.27. The van der Waals surface area contributed by atoms with Crippen molar-refractivity contribution in [2.45, 2.75) is 12.5 Å². The van der Waals surface area contributed by atoms with Gasteiger partial charge in [-0.15, -0.1) is 0 Å². The average molecular weight is 250 g/mol. The summed E-state index contributed by atoms with van der Waals surface area (Å²) in [5, 5.41) is 8.76. The summed E-state index contributed by atoms with van der Waals surface area (Å²) < 4.78 is 0. The van der Waals surface area contributed by atoms with Crippen molar-refractivity contribution in [3.63, 3.8) is 0 Å². The standard InChI is InChI=1S/C17H18N2/c1-19(14-8-13-18)17(15-9-4-2-5-10-15)16-11-6-3-7-12-16/h2-7,9-12,17H,8,14H2,1H3. The normalized spacial score (nSPS) is 10.6. The largest absolute Gasteiger partial charge is 0.294 e. The lowest BCUT2D eigenvalue weighted by molar-refractivity contribution is 0.285. The van der Waals surface area contributed by atoms with Gasteiger partial charge in [0, 0.05) is 13.0 Å². The number of nitriles is 1. The van der Waals surface area contributed by atoms with Crippen LogP contribution in [0.2, 0.25) is 0 Å². The van der Waals surface area contributed by atoms with Crippen molar-refractivity contribution in [3.05, 3.63) is 71.8 Å². The Morgan fingerprint density at radius 3 is 1.84 bits per heavy atom. The molecule has 0 aromatic heterocycles. The second kappa shape index (κ2) is 6.72. The van der Waals surface area contributed by atoms with Crippen molar-refractivity contribution in [3.8, 4) is 6.07 Å². The second-order valence-electron chi connectivity index (χ2n) is 4.61. The van der Waals surface area contributed by atoms with Gasteiger partial charge in [0.25, 0.3) is 0 Å². The van der Waals surface area contributed by atoms with Crippen LogP contribution in [0.3, 0.4) is 0 Å². The first-order valence-electron chi connectivity index (χ1n) is 6.50. The van der Waals surface area contributed by atoms with Gasteiger partial charge in [-0.25, -0.2) is 0 Å². The molecule has 19 heavy (non-hydrogen) atoms. The Hall–Kier alpha value is -2.11. The Morgan fingerprint density at radius 1 is 0.947 bits per heavy atom. The number of benzene rings is 2. The zero-order chi connectivity index (χ0) is 13.5. The molecule has 2 aromatic rings. The maximum absolute atomic E-state index is 8.76. The highest BCUT2D eigenvalue weighted by molar-refractivity contribution is 5.31. The summed E-state index contributed by atoms with van der Waals surface area (Å²) in [6.45, 7) is 0.769. The van der Waals surface area contributed by atoms with Crippen LogP contribution < -0.4 is 0 Å². The molecule has 0 amide bonds. The van der Waals surface area contributed by atoms with Crippen LogP contribution in [0.5, 0.6) is 0 Å². The van der Waals surface area contributed by atoms with E-state index in [4.69, 9.17) is 5.26 Å². The van der Waals surface area contributed by atoms with Gasteiger partial charge in [-0.2, -0.15) is 5.26 Å². The molecule has 2 nitrogen and oxygen atoms in total. The molecule has 0 unspecified atom stereocenters. The van der Waals surface area contributed by atoms with Gasteiger partial charge in [0.05, 0.1) is 12.1 Å². The Balaban J connectivity index is 2.32. The highest BCUT2D eigenvalue weighted by Gasteiger charge is 2.18. The van der Waals surface area contributed by atoms with E-state index in [0.29, 0.717) is 6.42 Å². The Kier molecular flexibility index (Phi) is 4.72. The number of rotatable bonds is 5. The molecule has 96 valence electrons. The van der Waals surface area contributed by atoms with Gasteiger partial charge in [-0.05, 0) is 18.2 Å². The van der Waals surface area contributed by atoms with Gasteiger partial charge in [-0.3, -0.25) is 4.90 Å². The first kappa shape index (κ1) is 13.3. The van der Waals surface area contributed by atoms with Crippen LogP contribution in [-0.4, -0.2) is 18.5 Å². The molecule has 0 N–H and O–H groups in total. The van der Waals surface area contributed by atoms with Crippen LogP contribution >= 0.6 is 0 Å². The molecule has 0 bridgehead atoms. The van der Waals surface area contributed by atoms with Gasteiger partial charge in [0.1, 0.15) is 0 Å². The van der Waals surface area contributed by atoms with Gasteiger partial charge in [-0.1, -0.05) is 60.7 Å². The molecule has 2 aromatic carbocycles. The molecule has 0 heterocycles. The van der Waals surface area contributed by atoms with E-state index in [-0.39, 0.29) is 6.04 Å². The van der Waals surface area contributed by atoms with E-state index in [1.807, 2.05) is 12.1 Å². The van der Waals surface area contributed by atoms with Gasteiger partial charge < -0.3 is 0 Å². The summed E-state index contributed by atoms with van der Waals surface area (Å²) in [6.07, 6.45) is 0.548. The van der Waals surface area contributed by atoms with Crippen LogP contribution in [0.4, 0.5) is 0 Å². The molecule has 0 saturated heterocycles. The average Bonchev–Trinajstić information content (AvgIpc) is 2.47. The summed E-state index contributed by atoms with van der Waals surface area (Å²) in [5.41, 5.74) is 2.52. The molecule has 0 aliphatic carbocycles. The van der Waals surface area contributed by atoms with Gasteiger partial charge in [0.15, 0.2) is 0 Å². The second-order valence-corrected chi connectivity index (χ2v) is 4.61. The highest BCUT2D eigenvalue weighted by atomic mass is 15.1. The SMILES string of the molecule is CN(CCC#N)C(c1ccccc1)c1ccccc1. The monoisotopic (exact) mass is 250 g/mol. The summed E-state index contributed by atoms with van der Waals surface area (Å²) in [5.74, 6) is 0. The minimum absolute atomic E-state index is 0.204. The topological polar surface area (TPSA) is 27.0 Å². The lowest BCUT2D eigenvalue weighted by Gasteiger charge is -2.28. The van der Waals surface area contributed by atoms with E-state index in [1.165, 1.54) is 11.1 Å². The van der Waals surface area contributed by atoms with Crippen molar-refractivity contribution in [1.29, 1.82) is 5.26 Å². The molecule has 2 rings (SSSR count). The third-order valence-corrected chi connectivity index (χ3v) is 3.25. The fraction of sp³-hybridized carbons (Fsp3) is 0.235. The predicted octanol–water partition coefficient (Wildman–Crippen LogP) is 3.62. The maximum Gasteiger partial charge on any atom is 0.0635 e. The maximum atomic E-state index is 8.76. The Bertz CT molecular complexity index is 489.